The van der Waals surface area contributed by atoms with Gasteiger partial charge in [0.2, 0.25) is 0 Å². The molecule has 4 aliphatic rings. The summed E-state index contributed by atoms with van der Waals surface area (Å²) >= 11 is 0. The maximum absolute atomic E-state index is 12.9. The Hall–Kier alpha value is -2.81. The molecule has 3 heteroatoms. The SMILES string of the molecule is O=C(Nc1ccc2c3c1[C@@H]1C=CC[C@@H]1CN3C[C@@H]1CC=C[C@@H]21)c1ccccc1. The van der Waals surface area contributed by atoms with Crippen molar-refractivity contribution in [2.75, 3.05) is 23.3 Å². The van der Waals surface area contributed by atoms with E-state index in [4.69, 9.17) is 0 Å². The second kappa shape index (κ2) is 6.10. The predicted octanol–water partition coefficient (Wildman–Crippen LogP) is 5.09. The second-order valence-corrected chi connectivity index (χ2v) is 8.59. The van der Waals surface area contributed by atoms with Gasteiger partial charge in [0.25, 0.3) is 5.91 Å². The summed E-state index contributed by atoms with van der Waals surface area (Å²) in [6.45, 7) is 2.27. The Kier molecular flexibility index (Phi) is 3.52. The number of benzene rings is 2. The summed E-state index contributed by atoms with van der Waals surface area (Å²) in [5, 5.41) is 3.24. The fourth-order valence-corrected chi connectivity index (χ4v) is 5.77. The third-order valence-electron chi connectivity index (χ3n) is 7.03. The van der Waals surface area contributed by atoms with Crippen molar-refractivity contribution < 1.29 is 4.79 Å². The predicted molar refractivity (Wildman–Crippen MR) is 113 cm³/mol. The Labute approximate surface area is 165 Å². The Morgan fingerprint density at radius 2 is 1.61 bits per heavy atom. The number of carbonyl (C=O) groups excluding carboxylic acids is 1. The molecule has 140 valence electrons. The van der Waals surface area contributed by atoms with Gasteiger partial charge in [-0.25, -0.2) is 0 Å². The number of nitrogens with zero attached hydrogens (tertiary/aromatic N) is 1. The third kappa shape index (κ3) is 2.32. The number of fused-ring (bicyclic) bond motifs is 4. The van der Waals surface area contributed by atoms with E-state index in [-0.39, 0.29) is 5.91 Å². The van der Waals surface area contributed by atoms with Crippen molar-refractivity contribution in [1.29, 1.82) is 0 Å². The molecule has 3 nitrogen and oxygen atoms in total. The molecular formula is C25H24N2O. The molecule has 0 aromatic heterocycles. The molecule has 0 fully saturated rings. The van der Waals surface area contributed by atoms with E-state index in [9.17, 15) is 4.79 Å². The highest BCUT2D eigenvalue weighted by atomic mass is 16.1. The first-order chi connectivity index (χ1) is 13.8. The van der Waals surface area contributed by atoms with E-state index in [2.05, 4.69) is 46.7 Å². The molecule has 0 saturated carbocycles. The minimum Gasteiger partial charge on any atom is -0.370 e. The molecule has 2 aliphatic carbocycles. The van der Waals surface area contributed by atoms with Crippen molar-refractivity contribution >= 4 is 17.3 Å². The summed E-state index contributed by atoms with van der Waals surface area (Å²) in [5.41, 5.74) is 5.88. The number of amides is 1. The lowest BCUT2D eigenvalue weighted by Crippen LogP contribution is -2.44. The van der Waals surface area contributed by atoms with Crippen LogP contribution in [0.4, 0.5) is 11.4 Å². The lowest BCUT2D eigenvalue weighted by Gasteiger charge is -2.46. The summed E-state index contributed by atoms with van der Waals surface area (Å²) in [6.07, 6.45) is 11.8. The van der Waals surface area contributed by atoms with Crippen LogP contribution in [0.15, 0.2) is 66.8 Å². The zero-order chi connectivity index (χ0) is 18.7. The van der Waals surface area contributed by atoms with Gasteiger partial charge in [-0.3, -0.25) is 4.79 Å². The normalized spacial score (nSPS) is 28.6. The maximum Gasteiger partial charge on any atom is 0.255 e. The second-order valence-electron chi connectivity index (χ2n) is 8.59. The molecule has 0 unspecified atom stereocenters. The van der Waals surface area contributed by atoms with E-state index < -0.39 is 0 Å². The first-order valence-electron chi connectivity index (χ1n) is 10.4. The molecular weight excluding hydrogens is 344 g/mol. The van der Waals surface area contributed by atoms with Gasteiger partial charge in [0.05, 0.1) is 0 Å². The van der Waals surface area contributed by atoms with Gasteiger partial charge in [-0.1, -0.05) is 48.6 Å². The van der Waals surface area contributed by atoms with Crippen LogP contribution in [-0.2, 0) is 0 Å². The van der Waals surface area contributed by atoms with Gasteiger partial charge >= 0.3 is 0 Å². The van der Waals surface area contributed by atoms with Crippen LogP contribution in [-0.4, -0.2) is 19.0 Å². The number of hydrogen-bond acceptors (Lipinski definition) is 2. The molecule has 2 aliphatic heterocycles. The van der Waals surface area contributed by atoms with Crippen LogP contribution in [0.3, 0.4) is 0 Å². The number of carbonyl (C=O) groups is 1. The van der Waals surface area contributed by atoms with Crippen LogP contribution in [0.1, 0.15) is 46.2 Å². The Bertz CT molecular complexity index is 1000. The summed E-state index contributed by atoms with van der Waals surface area (Å²) in [5.74, 6) is 2.25. The molecule has 2 heterocycles. The van der Waals surface area contributed by atoms with Crippen LogP contribution < -0.4 is 10.2 Å². The molecule has 2 aromatic rings. The van der Waals surface area contributed by atoms with Crippen molar-refractivity contribution in [2.45, 2.75) is 24.7 Å². The molecule has 1 amide bonds. The lowest BCUT2D eigenvalue weighted by molar-refractivity contribution is 0.102. The van der Waals surface area contributed by atoms with Crippen molar-refractivity contribution in [3.05, 3.63) is 83.5 Å². The first kappa shape index (κ1) is 16.2. The average molecular weight is 368 g/mol. The van der Waals surface area contributed by atoms with Crippen LogP contribution in [0.25, 0.3) is 0 Å². The summed E-state index contributed by atoms with van der Waals surface area (Å²) in [4.78, 5) is 15.5. The van der Waals surface area contributed by atoms with Crippen LogP contribution >= 0.6 is 0 Å². The Balaban J connectivity index is 1.47. The summed E-state index contributed by atoms with van der Waals surface area (Å²) < 4.78 is 0. The van der Waals surface area contributed by atoms with Crippen LogP contribution in [0.5, 0.6) is 0 Å². The monoisotopic (exact) mass is 368 g/mol. The maximum atomic E-state index is 12.9. The molecule has 6 rings (SSSR count). The molecule has 28 heavy (non-hydrogen) atoms. The highest BCUT2D eigenvalue weighted by Gasteiger charge is 2.43. The minimum atomic E-state index is -0.0260. The zero-order valence-corrected chi connectivity index (χ0v) is 15.8. The summed E-state index contributed by atoms with van der Waals surface area (Å²) in [7, 11) is 0. The minimum absolute atomic E-state index is 0.0260. The van der Waals surface area contributed by atoms with E-state index in [0.29, 0.717) is 29.2 Å². The van der Waals surface area contributed by atoms with Gasteiger partial charge < -0.3 is 10.2 Å². The number of allylic oxidation sites excluding steroid dienone is 4. The zero-order valence-electron chi connectivity index (χ0n) is 15.8. The smallest absolute Gasteiger partial charge is 0.255 e. The number of hydrogen-bond donors (Lipinski definition) is 1. The quantitative estimate of drug-likeness (QED) is 0.749. The fourth-order valence-electron chi connectivity index (χ4n) is 5.77. The average Bonchev–Trinajstić information content (AvgIpc) is 3.39. The van der Waals surface area contributed by atoms with Crippen molar-refractivity contribution in [2.24, 2.45) is 11.8 Å². The Morgan fingerprint density at radius 3 is 2.39 bits per heavy atom. The van der Waals surface area contributed by atoms with E-state index in [1.54, 1.807) is 0 Å². The summed E-state index contributed by atoms with van der Waals surface area (Å²) in [6, 6.07) is 13.9. The van der Waals surface area contributed by atoms with E-state index in [1.807, 2.05) is 30.3 Å². The lowest BCUT2D eigenvalue weighted by atomic mass is 9.74. The van der Waals surface area contributed by atoms with Crippen molar-refractivity contribution in [3.8, 4) is 0 Å². The van der Waals surface area contributed by atoms with Crippen molar-refractivity contribution in [3.63, 3.8) is 0 Å². The highest BCUT2D eigenvalue weighted by Crippen LogP contribution is 2.54. The number of nitrogens with one attached hydrogen (secondary N) is 1. The molecule has 0 bridgehead atoms. The molecule has 4 atom stereocenters. The van der Waals surface area contributed by atoms with Gasteiger partial charge in [0, 0.05) is 47.4 Å². The molecule has 2 aromatic carbocycles. The van der Waals surface area contributed by atoms with Gasteiger partial charge in [0.1, 0.15) is 0 Å². The Morgan fingerprint density at radius 1 is 0.893 bits per heavy atom. The molecule has 0 saturated heterocycles. The van der Waals surface area contributed by atoms with Gasteiger partial charge in [-0.05, 0) is 48.4 Å². The first-order valence-corrected chi connectivity index (χ1v) is 10.4. The fraction of sp³-hybridized carbons (Fsp3) is 0.320. The molecule has 0 radical (unpaired) electrons. The third-order valence-corrected chi connectivity index (χ3v) is 7.03. The van der Waals surface area contributed by atoms with Gasteiger partial charge in [0.15, 0.2) is 0 Å². The van der Waals surface area contributed by atoms with Crippen LogP contribution in [0.2, 0.25) is 0 Å². The van der Waals surface area contributed by atoms with Gasteiger partial charge in [-0.2, -0.15) is 0 Å². The van der Waals surface area contributed by atoms with E-state index in [1.165, 1.54) is 23.2 Å². The van der Waals surface area contributed by atoms with E-state index >= 15 is 0 Å². The van der Waals surface area contributed by atoms with Crippen molar-refractivity contribution in [1.82, 2.24) is 0 Å². The van der Waals surface area contributed by atoms with Gasteiger partial charge in [-0.15, -0.1) is 0 Å². The molecule has 0 spiro atoms. The molecule has 1 N–H and O–H groups in total. The topological polar surface area (TPSA) is 32.3 Å². The van der Waals surface area contributed by atoms with E-state index in [0.717, 1.165) is 25.2 Å². The standard InChI is InChI=1S/C25H24N2O/c28-25(16-6-2-1-3-7-16)26-22-13-12-21-19-10-4-8-17(19)14-27-15-18-9-5-11-20(18)23(22)24(21)27/h1-7,10-13,17-20H,8-9,14-15H2,(H,26,28)/t17-,18+,19+,20+/m0/s1. The highest BCUT2D eigenvalue weighted by molar-refractivity contribution is 6.05. The number of rotatable bonds is 2. The van der Waals surface area contributed by atoms with Crippen LogP contribution in [0, 0.1) is 11.8 Å². The number of anilines is 2. The largest absolute Gasteiger partial charge is 0.370 e.